The van der Waals surface area contributed by atoms with Gasteiger partial charge in [-0.15, -0.1) is 12.4 Å². The van der Waals surface area contributed by atoms with Gasteiger partial charge in [0, 0.05) is 24.2 Å². The average Bonchev–Trinajstić information content (AvgIpc) is 2.88. The topological polar surface area (TPSA) is 50.4 Å². The third-order valence-electron chi connectivity index (χ3n) is 3.78. The Labute approximate surface area is 137 Å². The van der Waals surface area contributed by atoms with Crippen LogP contribution in [0.2, 0.25) is 5.02 Å². The molecular formula is C15H22Cl2N2O2. The van der Waals surface area contributed by atoms with Crippen molar-refractivity contribution >= 4 is 29.9 Å². The molecule has 4 nitrogen and oxygen atoms in total. The largest absolute Gasteiger partial charge is 0.383 e. The van der Waals surface area contributed by atoms with Crippen molar-refractivity contribution in [1.29, 1.82) is 0 Å². The van der Waals surface area contributed by atoms with E-state index >= 15 is 0 Å². The molecule has 1 aliphatic rings. The maximum absolute atomic E-state index is 12.3. The van der Waals surface area contributed by atoms with Crippen LogP contribution in [0, 0.1) is 6.92 Å². The van der Waals surface area contributed by atoms with Crippen molar-refractivity contribution in [1.82, 2.24) is 10.6 Å². The highest BCUT2D eigenvalue weighted by atomic mass is 35.5. The molecule has 1 aliphatic heterocycles. The maximum Gasteiger partial charge on any atom is 0.251 e. The van der Waals surface area contributed by atoms with Gasteiger partial charge in [0.25, 0.3) is 5.91 Å². The van der Waals surface area contributed by atoms with Gasteiger partial charge in [0.05, 0.1) is 12.1 Å². The molecular weight excluding hydrogens is 311 g/mol. The molecule has 1 aromatic carbocycles. The molecule has 1 saturated heterocycles. The molecule has 2 N–H and O–H groups in total. The summed E-state index contributed by atoms with van der Waals surface area (Å²) in [6.07, 6.45) is 2.12. The molecule has 1 amide bonds. The first-order chi connectivity index (χ1) is 9.56. The van der Waals surface area contributed by atoms with Gasteiger partial charge in [0.1, 0.15) is 0 Å². The molecule has 0 radical (unpaired) electrons. The molecule has 21 heavy (non-hydrogen) atoms. The van der Waals surface area contributed by atoms with Crippen LogP contribution in [0.25, 0.3) is 0 Å². The molecule has 0 bridgehead atoms. The lowest BCUT2D eigenvalue weighted by molar-refractivity contribution is 0.0891. The van der Waals surface area contributed by atoms with Crippen LogP contribution in [0.4, 0.5) is 0 Å². The second-order valence-corrected chi connectivity index (χ2v) is 5.82. The average molecular weight is 333 g/mol. The van der Waals surface area contributed by atoms with E-state index in [0.717, 1.165) is 24.9 Å². The molecule has 1 unspecified atom stereocenters. The fraction of sp³-hybridized carbons (Fsp3) is 0.533. The Bertz CT molecular complexity index is 489. The van der Waals surface area contributed by atoms with Crippen molar-refractivity contribution in [3.8, 4) is 0 Å². The minimum Gasteiger partial charge on any atom is -0.383 e. The van der Waals surface area contributed by atoms with Crippen molar-refractivity contribution in [2.75, 3.05) is 26.8 Å². The third kappa shape index (κ3) is 4.58. The van der Waals surface area contributed by atoms with E-state index in [1.54, 1.807) is 19.2 Å². The number of hydrogen-bond acceptors (Lipinski definition) is 3. The van der Waals surface area contributed by atoms with Crippen LogP contribution in [0.15, 0.2) is 18.2 Å². The van der Waals surface area contributed by atoms with E-state index < -0.39 is 0 Å². The summed E-state index contributed by atoms with van der Waals surface area (Å²) >= 11 is 5.95. The van der Waals surface area contributed by atoms with E-state index in [4.69, 9.17) is 16.3 Å². The molecule has 6 heteroatoms. The Balaban J connectivity index is 0.00000220. The van der Waals surface area contributed by atoms with Gasteiger partial charge >= 0.3 is 0 Å². The predicted molar refractivity (Wildman–Crippen MR) is 87.6 cm³/mol. The quantitative estimate of drug-likeness (QED) is 0.871. The van der Waals surface area contributed by atoms with E-state index in [0.29, 0.717) is 23.7 Å². The Morgan fingerprint density at radius 3 is 2.90 bits per heavy atom. The van der Waals surface area contributed by atoms with Crippen LogP contribution in [-0.4, -0.2) is 38.3 Å². The molecule has 0 aromatic heterocycles. The van der Waals surface area contributed by atoms with Gasteiger partial charge in [-0.25, -0.2) is 0 Å². The summed E-state index contributed by atoms with van der Waals surface area (Å²) in [5.74, 6) is -0.0887. The van der Waals surface area contributed by atoms with Crippen LogP contribution < -0.4 is 10.6 Å². The summed E-state index contributed by atoms with van der Waals surface area (Å²) in [5, 5.41) is 7.01. The predicted octanol–water partition coefficient (Wildman–Crippen LogP) is 2.57. The summed E-state index contributed by atoms with van der Waals surface area (Å²) in [7, 11) is 1.69. The lowest BCUT2D eigenvalue weighted by Gasteiger charge is -2.29. The van der Waals surface area contributed by atoms with Gasteiger partial charge in [-0.1, -0.05) is 17.7 Å². The molecule has 1 heterocycles. The molecule has 0 saturated carbocycles. The summed E-state index contributed by atoms with van der Waals surface area (Å²) in [6.45, 7) is 4.03. The smallest absolute Gasteiger partial charge is 0.251 e. The number of carbonyl (C=O) groups excluding carboxylic acids is 1. The van der Waals surface area contributed by atoms with Gasteiger partial charge in [-0.2, -0.15) is 0 Å². The number of rotatable bonds is 5. The van der Waals surface area contributed by atoms with Crippen LogP contribution in [0.1, 0.15) is 28.8 Å². The Kier molecular flexibility index (Phi) is 6.94. The van der Waals surface area contributed by atoms with Gasteiger partial charge in [-0.3, -0.25) is 4.79 Å². The highest BCUT2D eigenvalue weighted by molar-refractivity contribution is 6.31. The summed E-state index contributed by atoms with van der Waals surface area (Å²) < 4.78 is 5.28. The van der Waals surface area contributed by atoms with Crippen molar-refractivity contribution in [2.45, 2.75) is 25.3 Å². The molecule has 1 aromatic rings. The van der Waals surface area contributed by atoms with Gasteiger partial charge < -0.3 is 15.4 Å². The van der Waals surface area contributed by atoms with Crippen molar-refractivity contribution in [3.63, 3.8) is 0 Å². The first-order valence-corrected chi connectivity index (χ1v) is 7.22. The SMILES string of the molecule is COCC1(CNC(=O)c2cc(Cl)ccc2C)CCCN1.Cl. The fourth-order valence-corrected chi connectivity index (χ4v) is 2.83. The summed E-state index contributed by atoms with van der Waals surface area (Å²) in [4.78, 5) is 12.3. The van der Waals surface area contributed by atoms with Crippen LogP contribution in [-0.2, 0) is 4.74 Å². The van der Waals surface area contributed by atoms with Crippen molar-refractivity contribution in [3.05, 3.63) is 34.3 Å². The molecule has 0 aliphatic carbocycles. The van der Waals surface area contributed by atoms with E-state index in [1.807, 2.05) is 13.0 Å². The van der Waals surface area contributed by atoms with Crippen LogP contribution in [0.5, 0.6) is 0 Å². The fourth-order valence-electron chi connectivity index (χ4n) is 2.65. The standard InChI is InChI=1S/C15H21ClN2O2.ClH/c1-11-4-5-12(16)8-13(11)14(19)17-9-15(10-20-2)6-3-7-18-15;/h4-5,8,18H,3,6-7,9-10H2,1-2H3,(H,17,19);1H. The van der Waals surface area contributed by atoms with Gasteiger partial charge in [0.15, 0.2) is 0 Å². The second-order valence-electron chi connectivity index (χ2n) is 5.39. The Morgan fingerprint density at radius 2 is 2.29 bits per heavy atom. The zero-order valence-corrected chi connectivity index (χ0v) is 13.9. The Morgan fingerprint density at radius 1 is 1.52 bits per heavy atom. The van der Waals surface area contributed by atoms with E-state index in [9.17, 15) is 4.79 Å². The molecule has 2 rings (SSSR count). The number of halogens is 2. The number of methoxy groups -OCH3 is 1. The number of carbonyl (C=O) groups is 1. The third-order valence-corrected chi connectivity index (χ3v) is 4.02. The number of nitrogens with one attached hydrogen (secondary N) is 2. The van der Waals surface area contributed by atoms with E-state index in [-0.39, 0.29) is 23.9 Å². The van der Waals surface area contributed by atoms with Gasteiger partial charge in [-0.05, 0) is 44.0 Å². The number of benzene rings is 1. The van der Waals surface area contributed by atoms with Crippen LogP contribution in [0.3, 0.4) is 0 Å². The zero-order valence-electron chi connectivity index (χ0n) is 12.4. The van der Waals surface area contributed by atoms with Crippen LogP contribution >= 0.6 is 24.0 Å². The Hall–Kier alpha value is -0.810. The minimum absolute atomic E-state index is 0. The number of amides is 1. The molecule has 118 valence electrons. The van der Waals surface area contributed by atoms with E-state index in [1.165, 1.54) is 0 Å². The normalized spacial score (nSPS) is 20.9. The lowest BCUT2D eigenvalue weighted by atomic mass is 9.98. The van der Waals surface area contributed by atoms with Gasteiger partial charge in [0.2, 0.25) is 0 Å². The monoisotopic (exact) mass is 332 g/mol. The lowest BCUT2D eigenvalue weighted by Crippen LogP contribution is -2.53. The molecule has 1 atom stereocenters. The number of hydrogen-bond donors (Lipinski definition) is 2. The second kappa shape index (κ2) is 7.99. The summed E-state index contributed by atoms with van der Waals surface area (Å²) in [6, 6.07) is 5.35. The maximum atomic E-state index is 12.3. The van der Waals surface area contributed by atoms with Crippen molar-refractivity contribution in [2.24, 2.45) is 0 Å². The minimum atomic E-state index is -0.142. The molecule has 1 fully saturated rings. The summed E-state index contributed by atoms with van der Waals surface area (Å²) in [5.41, 5.74) is 1.41. The highest BCUT2D eigenvalue weighted by Crippen LogP contribution is 2.20. The van der Waals surface area contributed by atoms with Crippen molar-refractivity contribution < 1.29 is 9.53 Å². The molecule has 0 spiro atoms. The number of aryl methyl sites for hydroxylation is 1. The highest BCUT2D eigenvalue weighted by Gasteiger charge is 2.33. The number of ether oxygens (including phenoxy) is 1. The van der Waals surface area contributed by atoms with E-state index in [2.05, 4.69) is 10.6 Å². The first-order valence-electron chi connectivity index (χ1n) is 6.85. The first kappa shape index (κ1) is 18.2. The zero-order chi connectivity index (χ0) is 14.6.